The van der Waals surface area contributed by atoms with Gasteiger partial charge in [-0.2, -0.15) is 0 Å². The van der Waals surface area contributed by atoms with Gasteiger partial charge in [0.2, 0.25) is 0 Å². The van der Waals surface area contributed by atoms with E-state index in [2.05, 4.69) is 121 Å². The Bertz CT molecular complexity index is 1210. The Kier molecular flexibility index (Phi) is 7.78. The molecule has 0 saturated heterocycles. The van der Waals surface area contributed by atoms with Crippen LogP contribution in [-0.2, 0) is 11.0 Å². The maximum absolute atomic E-state index is 13.4. The van der Waals surface area contributed by atoms with Gasteiger partial charge in [0, 0.05) is 0 Å². The van der Waals surface area contributed by atoms with Crippen molar-refractivity contribution < 1.29 is 4.21 Å². The van der Waals surface area contributed by atoms with Gasteiger partial charge in [-0.3, -0.25) is 0 Å². The zero-order valence-corrected chi connectivity index (χ0v) is 21.9. The lowest BCUT2D eigenvalue weighted by Gasteiger charge is -2.30. The van der Waals surface area contributed by atoms with Gasteiger partial charge in [-0.15, -0.1) is 0 Å². The van der Waals surface area contributed by atoms with Crippen LogP contribution in [0.2, 0.25) is 0 Å². The SMILES string of the molecule is Cc1ccccc1[C@@H](NS(=O)C(C)(C)C)c1ccccc1P(c1ccccc1)c1ccccc1. The zero-order chi connectivity index (χ0) is 24.1. The minimum atomic E-state index is -1.23. The minimum absolute atomic E-state index is 0.185. The molecule has 0 spiro atoms. The smallest absolute Gasteiger partial charge is 0.0979 e. The maximum Gasteiger partial charge on any atom is 0.0979 e. The van der Waals surface area contributed by atoms with Gasteiger partial charge >= 0.3 is 0 Å². The van der Waals surface area contributed by atoms with Crippen molar-refractivity contribution in [2.75, 3.05) is 0 Å². The van der Waals surface area contributed by atoms with Crippen LogP contribution in [0.25, 0.3) is 0 Å². The molecule has 34 heavy (non-hydrogen) atoms. The summed E-state index contributed by atoms with van der Waals surface area (Å²) in [6, 6.07) is 38.3. The molecule has 4 aromatic rings. The van der Waals surface area contributed by atoms with Crippen molar-refractivity contribution in [2.45, 2.75) is 38.5 Å². The maximum atomic E-state index is 13.4. The highest BCUT2D eigenvalue weighted by atomic mass is 32.2. The predicted molar refractivity (Wildman–Crippen MR) is 149 cm³/mol. The summed E-state index contributed by atoms with van der Waals surface area (Å²) >= 11 is 0. The van der Waals surface area contributed by atoms with Crippen LogP contribution >= 0.6 is 7.92 Å². The fourth-order valence-electron chi connectivity index (χ4n) is 4.01. The molecule has 4 aromatic carbocycles. The second-order valence-corrected chi connectivity index (χ2v) is 13.5. The second kappa shape index (κ2) is 10.8. The molecule has 0 fully saturated rings. The lowest BCUT2D eigenvalue weighted by Crippen LogP contribution is -2.38. The molecule has 0 aliphatic carbocycles. The molecular formula is C30H32NOPS. The van der Waals surface area contributed by atoms with Crippen molar-refractivity contribution in [1.82, 2.24) is 4.72 Å². The summed E-state index contributed by atoms with van der Waals surface area (Å²) in [6.45, 7) is 8.16. The quantitative estimate of drug-likeness (QED) is 0.325. The molecule has 0 saturated carbocycles. The fraction of sp³-hybridized carbons (Fsp3) is 0.200. The first-order valence-corrected chi connectivity index (χ1v) is 14.1. The Morgan fingerprint density at radius 1 is 0.676 bits per heavy atom. The molecule has 1 N–H and O–H groups in total. The standard InChI is InChI=1S/C30H32NOPS/c1-23-15-11-12-20-26(23)29(31-34(32)30(2,3)4)27-21-13-14-22-28(27)33(24-16-7-5-8-17-24)25-18-9-6-10-19-25/h5-22,29,31H,1-4H3/t29-,34?/m1/s1. The van der Waals surface area contributed by atoms with E-state index in [-0.39, 0.29) is 10.8 Å². The van der Waals surface area contributed by atoms with Crippen LogP contribution in [0.15, 0.2) is 109 Å². The average Bonchev–Trinajstić information content (AvgIpc) is 2.84. The lowest BCUT2D eigenvalue weighted by molar-refractivity contribution is 0.623. The number of hydrogen-bond donors (Lipinski definition) is 1. The third kappa shape index (κ3) is 5.55. The van der Waals surface area contributed by atoms with Gasteiger partial charge in [-0.05, 0) is 68.2 Å². The van der Waals surface area contributed by atoms with Gasteiger partial charge < -0.3 is 0 Å². The first kappa shape index (κ1) is 24.5. The molecule has 2 atom stereocenters. The normalized spacial score (nSPS) is 13.6. The van der Waals surface area contributed by atoms with E-state index in [1.54, 1.807) is 0 Å². The van der Waals surface area contributed by atoms with Crippen molar-refractivity contribution in [3.63, 3.8) is 0 Å². The first-order valence-electron chi connectivity index (χ1n) is 11.6. The van der Waals surface area contributed by atoms with Gasteiger partial charge in [-0.1, -0.05) is 109 Å². The molecule has 0 heterocycles. The van der Waals surface area contributed by atoms with Gasteiger partial charge in [-0.25, -0.2) is 8.93 Å². The predicted octanol–water partition coefficient (Wildman–Crippen LogP) is 5.89. The van der Waals surface area contributed by atoms with Crippen molar-refractivity contribution in [1.29, 1.82) is 0 Å². The third-order valence-corrected chi connectivity index (χ3v) is 9.88. The second-order valence-electron chi connectivity index (χ2n) is 9.35. The monoisotopic (exact) mass is 485 g/mol. The van der Waals surface area contributed by atoms with Crippen molar-refractivity contribution in [3.8, 4) is 0 Å². The van der Waals surface area contributed by atoms with E-state index in [1.165, 1.54) is 27.0 Å². The highest BCUT2D eigenvalue weighted by Crippen LogP contribution is 2.37. The van der Waals surface area contributed by atoms with E-state index in [4.69, 9.17) is 0 Å². The summed E-state index contributed by atoms with van der Waals surface area (Å²) in [5.41, 5.74) is 3.52. The molecule has 0 radical (unpaired) electrons. The van der Waals surface area contributed by atoms with E-state index in [0.29, 0.717) is 0 Å². The van der Waals surface area contributed by atoms with Crippen LogP contribution < -0.4 is 20.6 Å². The molecule has 0 amide bonds. The molecule has 1 unspecified atom stereocenters. The average molecular weight is 486 g/mol. The Balaban J connectivity index is 1.92. The lowest BCUT2D eigenvalue weighted by atomic mass is 9.96. The molecule has 0 aliphatic rings. The van der Waals surface area contributed by atoms with E-state index >= 15 is 0 Å². The van der Waals surface area contributed by atoms with Crippen LogP contribution in [0.3, 0.4) is 0 Å². The zero-order valence-electron chi connectivity index (χ0n) is 20.2. The third-order valence-electron chi connectivity index (χ3n) is 5.80. The summed E-state index contributed by atoms with van der Waals surface area (Å²) in [5.74, 6) is 0. The van der Waals surface area contributed by atoms with Crippen molar-refractivity contribution >= 4 is 34.8 Å². The number of hydrogen-bond acceptors (Lipinski definition) is 1. The topological polar surface area (TPSA) is 29.1 Å². The van der Waals surface area contributed by atoms with Gasteiger partial charge in [0.15, 0.2) is 0 Å². The van der Waals surface area contributed by atoms with Crippen LogP contribution in [0, 0.1) is 6.92 Å². The summed E-state index contributed by atoms with van der Waals surface area (Å²) in [7, 11) is -2.02. The van der Waals surface area contributed by atoms with Crippen LogP contribution in [-0.4, -0.2) is 8.96 Å². The summed E-state index contributed by atoms with van der Waals surface area (Å²) in [6.07, 6.45) is 0. The summed E-state index contributed by atoms with van der Waals surface area (Å²) in [4.78, 5) is 0. The number of benzene rings is 4. The molecule has 0 aromatic heterocycles. The molecule has 2 nitrogen and oxygen atoms in total. The summed E-state index contributed by atoms with van der Waals surface area (Å²) < 4.78 is 16.5. The van der Waals surface area contributed by atoms with E-state index in [9.17, 15) is 4.21 Å². The van der Waals surface area contributed by atoms with E-state index < -0.39 is 18.9 Å². The molecular weight excluding hydrogens is 453 g/mol. The number of aryl methyl sites for hydroxylation is 1. The Morgan fingerprint density at radius 3 is 1.68 bits per heavy atom. The number of nitrogens with one attached hydrogen (secondary N) is 1. The number of rotatable bonds is 7. The van der Waals surface area contributed by atoms with Crippen LogP contribution in [0.1, 0.15) is 43.5 Å². The molecule has 4 rings (SSSR count). The largest absolute Gasteiger partial charge is 0.242 e. The van der Waals surface area contributed by atoms with Gasteiger partial charge in [0.05, 0.1) is 21.8 Å². The molecule has 174 valence electrons. The van der Waals surface area contributed by atoms with Gasteiger partial charge in [0.1, 0.15) is 0 Å². The van der Waals surface area contributed by atoms with Crippen molar-refractivity contribution in [2.24, 2.45) is 0 Å². The van der Waals surface area contributed by atoms with Crippen LogP contribution in [0.4, 0.5) is 0 Å². The van der Waals surface area contributed by atoms with Gasteiger partial charge in [0.25, 0.3) is 0 Å². The highest BCUT2D eigenvalue weighted by Gasteiger charge is 2.29. The van der Waals surface area contributed by atoms with E-state index in [1.807, 2.05) is 20.8 Å². The van der Waals surface area contributed by atoms with E-state index in [0.717, 1.165) is 5.56 Å². The Hall–Kier alpha value is -2.58. The molecule has 0 aliphatic heterocycles. The summed E-state index contributed by atoms with van der Waals surface area (Å²) in [5, 5.41) is 3.88. The highest BCUT2D eigenvalue weighted by molar-refractivity contribution is 7.84. The first-order chi connectivity index (χ1) is 16.4. The minimum Gasteiger partial charge on any atom is -0.242 e. The fourth-order valence-corrected chi connectivity index (χ4v) is 7.32. The van der Waals surface area contributed by atoms with Crippen molar-refractivity contribution in [3.05, 3.63) is 126 Å². The van der Waals surface area contributed by atoms with Crippen LogP contribution in [0.5, 0.6) is 0 Å². The Labute approximate surface area is 207 Å². The Morgan fingerprint density at radius 2 is 1.15 bits per heavy atom. The molecule has 0 bridgehead atoms. The molecule has 4 heteroatoms.